The molecule has 0 N–H and O–H groups in total. The first kappa shape index (κ1) is 12.1. The first-order valence-electron chi connectivity index (χ1n) is 6.27. The number of aryl methyl sites for hydroxylation is 1. The van der Waals surface area contributed by atoms with Crippen molar-refractivity contribution in [1.82, 2.24) is 9.55 Å². The van der Waals surface area contributed by atoms with Gasteiger partial charge in [-0.25, -0.2) is 4.98 Å². The third-order valence-electron chi connectivity index (χ3n) is 3.22. The summed E-state index contributed by atoms with van der Waals surface area (Å²) in [6.45, 7) is 4.50. The second-order valence-corrected chi connectivity index (χ2v) is 5.43. The van der Waals surface area contributed by atoms with Crippen LogP contribution in [-0.2, 0) is 6.54 Å². The Balaban J connectivity index is 2.28. The first-order chi connectivity index (χ1) is 9.20. The fourth-order valence-corrected chi connectivity index (χ4v) is 3.31. The van der Waals surface area contributed by atoms with E-state index in [1.165, 1.54) is 0 Å². The van der Waals surface area contributed by atoms with Gasteiger partial charge in [-0.3, -0.25) is 9.36 Å². The van der Waals surface area contributed by atoms with Gasteiger partial charge in [-0.05, 0) is 25.5 Å². The third-order valence-corrected chi connectivity index (χ3v) is 4.29. The van der Waals surface area contributed by atoms with E-state index in [-0.39, 0.29) is 5.56 Å². The average molecular weight is 270 g/mol. The van der Waals surface area contributed by atoms with Crippen LogP contribution in [0.25, 0.3) is 20.7 Å². The Kier molecular flexibility index (Phi) is 2.95. The Bertz CT molecular complexity index is 787. The van der Waals surface area contributed by atoms with Crippen LogP contribution in [0.15, 0.2) is 41.2 Å². The minimum absolute atomic E-state index is 0.0587. The number of benzene rings is 1. The number of rotatable bonds is 2. The summed E-state index contributed by atoms with van der Waals surface area (Å²) in [6.07, 6.45) is 0. The van der Waals surface area contributed by atoms with E-state index in [0.29, 0.717) is 6.54 Å². The van der Waals surface area contributed by atoms with E-state index in [0.717, 1.165) is 26.5 Å². The zero-order valence-corrected chi connectivity index (χ0v) is 11.7. The molecule has 1 aromatic carbocycles. The normalized spacial score (nSPS) is 11.1. The van der Waals surface area contributed by atoms with Gasteiger partial charge in [0.15, 0.2) is 0 Å². The largest absolute Gasteiger partial charge is 0.297 e. The highest BCUT2D eigenvalue weighted by Gasteiger charge is 2.11. The molecule has 0 aliphatic heterocycles. The third kappa shape index (κ3) is 1.98. The molecule has 0 aliphatic rings. The molecule has 0 bridgehead atoms. The maximum atomic E-state index is 12.4. The highest BCUT2D eigenvalue weighted by Crippen LogP contribution is 2.30. The van der Waals surface area contributed by atoms with Gasteiger partial charge < -0.3 is 0 Å². The number of nitrogens with zero attached hydrogens (tertiary/aromatic N) is 2. The van der Waals surface area contributed by atoms with Crippen molar-refractivity contribution in [2.75, 3.05) is 0 Å². The van der Waals surface area contributed by atoms with E-state index in [4.69, 9.17) is 0 Å². The van der Waals surface area contributed by atoms with Crippen molar-refractivity contribution in [3.8, 4) is 10.4 Å². The quantitative estimate of drug-likeness (QED) is 0.715. The molecule has 0 unspecified atom stereocenters. The molecule has 3 rings (SSSR count). The lowest BCUT2D eigenvalue weighted by Gasteiger charge is -2.04. The number of hydrogen-bond donors (Lipinski definition) is 0. The Morgan fingerprint density at radius 2 is 2.00 bits per heavy atom. The summed E-state index contributed by atoms with van der Waals surface area (Å²) >= 11 is 1.57. The lowest BCUT2D eigenvalue weighted by Crippen LogP contribution is -2.22. The molecule has 0 fully saturated rings. The summed E-state index contributed by atoms with van der Waals surface area (Å²) < 4.78 is 1.71. The minimum Gasteiger partial charge on any atom is -0.297 e. The molecule has 3 nitrogen and oxygen atoms in total. The van der Waals surface area contributed by atoms with Gasteiger partial charge in [0, 0.05) is 11.4 Å². The van der Waals surface area contributed by atoms with Gasteiger partial charge in [0.05, 0.1) is 5.39 Å². The van der Waals surface area contributed by atoms with Gasteiger partial charge >= 0.3 is 0 Å². The molecular formula is C15H14N2OS. The van der Waals surface area contributed by atoms with Crippen LogP contribution in [-0.4, -0.2) is 9.55 Å². The van der Waals surface area contributed by atoms with Gasteiger partial charge in [-0.15, -0.1) is 11.3 Å². The van der Waals surface area contributed by atoms with Gasteiger partial charge in [-0.2, -0.15) is 0 Å². The topological polar surface area (TPSA) is 34.9 Å². The van der Waals surface area contributed by atoms with E-state index in [2.05, 4.69) is 17.1 Å². The molecule has 0 spiro atoms. The Labute approximate surface area is 115 Å². The molecule has 19 heavy (non-hydrogen) atoms. The summed E-state index contributed by atoms with van der Waals surface area (Å²) in [5.74, 6) is 0.779. The molecular weight excluding hydrogens is 256 g/mol. The highest BCUT2D eigenvalue weighted by atomic mass is 32.1. The van der Waals surface area contributed by atoms with Gasteiger partial charge in [0.25, 0.3) is 5.56 Å². The molecule has 2 heterocycles. The van der Waals surface area contributed by atoms with Crippen LogP contribution in [0.2, 0.25) is 0 Å². The highest BCUT2D eigenvalue weighted by molar-refractivity contribution is 7.21. The summed E-state index contributed by atoms with van der Waals surface area (Å²) in [6, 6.07) is 12.1. The van der Waals surface area contributed by atoms with Crippen LogP contribution >= 0.6 is 11.3 Å². The number of aromatic nitrogens is 2. The van der Waals surface area contributed by atoms with Crippen molar-refractivity contribution >= 4 is 21.6 Å². The van der Waals surface area contributed by atoms with Crippen molar-refractivity contribution < 1.29 is 0 Å². The summed E-state index contributed by atoms with van der Waals surface area (Å²) in [5, 5.41) is 0.719. The average Bonchev–Trinajstić information content (AvgIpc) is 2.84. The first-order valence-corrected chi connectivity index (χ1v) is 7.08. The number of thiophene rings is 1. The van der Waals surface area contributed by atoms with Crippen LogP contribution < -0.4 is 5.56 Å². The Morgan fingerprint density at radius 3 is 2.68 bits per heavy atom. The lowest BCUT2D eigenvalue weighted by molar-refractivity contribution is 0.686. The Morgan fingerprint density at radius 1 is 1.26 bits per heavy atom. The van der Waals surface area contributed by atoms with Crippen molar-refractivity contribution in [2.24, 2.45) is 0 Å². The maximum Gasteiger partial charge on any atom is 0.262 e. The standard InChI is InChI=1S/C15H14N2OS/c1-3-17-10(2)16-14-12(15(17)18)9-13(19-14)11-7-5-4-6-8-11/h4-9H,3H2,1-2H3. The molecule has 0 saturated carbocycles. The van der Waals surface area contributed by atoms with Crippen molar-refractivity contribution in [3.05, 3.63) is 52.6 Å². The predicted molar refractivity (Wildman–Crippen MR) is 79.7 cm³/mol. The lowest BCUT2D eigenvalue weighted by atomic mass is 10.2. The molecule has 0 amide bonds. The Hall–Kier alpha value is -1.94. The van der Waals surface area contributed by atoms with Crippen molar-refractivity contribution in [1.29, 1.82) is 0 Å². The van der Waals surface area contributed by atoms with Gasteiger partial charge in [0.2, 0.25) is 0 Å². The van der Waals surface area contributed by atoms with Crippen LogP contribution in [0.4, 0.5) is 0 Å². The summed E-state index contributed by atoms with van der Waals surface area (Å²) in [4.78, 5) is 18.8. The smallest absolute Gasteiger partial charge is 0.262 e. The number of hydrogen-bond acceptors (Lipinski definition) is 3. The molecule has 0 saturated heterocycles. The van der Waals surface area contributed by atoms with E-state index in [1.807, 2.05) is 38.1 Å². The summed E-state index contributed by atoms with van der Waals surface area (Å²) in [7, 11) is 0. The minimum atomic E-state index is 0.0587. The SMILES string of the molecule is CCn1c(C)nc2sc(-c3ccccc3)cc2c1=O. The molecule has 2 aromatic heterocycles. The molecule has 3 aromatic rings. The fourth-order valence-electron chi connectivity index (χ4n) is 2.23. The predicted octanol–water partition coefficient (Wildman–Crippen LogP) is 3.45. The van der Waals surface area contributed by atoms with Gasteiger partial charge in [-0.1, -0.05) is 30.3 Å². The number of fused-ring (bicyclic) bond motifs is 1. The van der Waals surface area contributed by atoms with Gasteiger partial charge in [0.1, 0.15) is 10.7 Å². The van der Waals surface area contributed by atoms with E-state index >= 15 is 0 Å². The molecule has 0 atom stereocenters. The fraction of sp³-hybridized carbons (Fsp3) is 0.200. The van der Waals surface area contributed by atoms with Crippen molar-refractivity contribution in [2.45, 2.75) is 20.4 Å². The van der Waals surface area contributed by atoms with Crippen LogP contribution in [0.3, 0.4) is 0 Å². The maximum absolute atomic E-state index is 12.4. The molecule has 4 heteroatoms. The molecule has 0 aliphatic carbocycles. The van der Waals surface area contributed by atoms with E-state index < -0.39 is 0 Å². The second kappa shape index (κ2) is 4.63. The monoisotopic (exact) mass is 270 g/mol. The molecule has 0 radical (unpaired) electrons. The zero-order chi connectivity index (χ0) is 13.4. The second-order valence-electron chi connectivity index (χ2n) is 4.40. The van der Waals surface area contributed by atoms with E-state index in [1.54, 1.807) is 15.9 Å². The zero-order valence-electron chi connectivity index (χ0n) is 10.9. The van der Waals surface area contributed by atoms with Crippen LogP contribution in [0, 0.1) is 6.92 Å². The molecule has 96 valence electrons. The van der Waals surface area contributed by atoms with E-state index in [9.17, 15) is 4.79 Å². The van der Waals surface area contributed by atoms with Crippen LogP contribution in [0.5, 0.6) is 0 Å². The van der Waals surface area contributed by atoms with Crippen LogP contribution in [0.1, 0.15) is 12.7 Å². The van der Waals surface area contributed by atoms with Crippen molar-refractivity contribution in [3.63, 3.8) is 0 Å². The summed E-state index contributed by atoms with van der Waals surface area (Å²) in [5.41, 5.74) is 1.19.